The molecule has 0 N–H and O–H groups in total. The van der Waals surface area contributed by atoms with Crippen molar-refractivity contribution >= 4 is 22.8 Å². The second-order valence-electron chi connectivity index (χ2n) is 5.16. The number of carbonyl (C=O) groups excluding carboxylic acids is 1. The average Bonchev–Trinajstić information content (AvgIpc) is 3.15. The van der Waals surface area contributed by atoms with Crippen molar-refractivity contribution in [2.75, 3.05) is 7.11 Å². The maximum Gasteiger partial charge on any atom is 0.325 e. The first-order valence-electron chi connectivity index (χ1n) is 7.24. The van der Waals surface area contributed by atoms with Crippen LogP contribution in [0.5, 0.6) is 0 Å². The predicted octanol–water partition coefficient (Wildman–Crippen LogP) is 2.52. The van der Waals surface area contributed by atoms with Gasteiger partial charge in [0.1, 0.15) is 6.54 Å². The van der Waals surface area contributed by atoms with Crippen molar-refractivity contribution in [3.63, 3.8) is 0 Å². The van der Waals surface area contributed by atoms with Crippen LogP contribution in [-0.2, 0) is 16.1 Å². The molecule has 0 radical (unpaired) electrons. The molecule has 2 aromatic heterocycles. The molecule has 0 amide bonds. The molecule has 0 fully saturated rings. The highest BCUT2D eigenvalue weighted by atomic mass is 16.5. The lowest BCUT2D eigenvalue weighted by Crippen LogP contribution is -2.11. The number of carbonyl (C=O) groups is 1. The van der Waals surface area contributed by atoms with E-state index in [1.54, 1.807) is 4.52 Å². The number of imidazole rings is 1. The highest BCUT2D eigenvalue weighted by molar-refractivity contribution is 5.83. The van der Waals surface area contributed by atoms with Crippen LogP contribution in [0.2, 0.25) is 0 Å². The molecule has 0 spiro atoms. The number of ether oxygens (including phenoxy) is 1. The Morgan fingerprint density at radius 2 is 1.74 bits per heavy atom. The van der Waals surface area contributed by atoms with Gasteiger partial charge in [0.2, 0.25) is 5.78 Å². The van der Waals surface area contributed by atoms with Gasteiger partial charge >= 0.3 is 5.97 Å². The molecule has 2 aromatic carbocycles. The first-order valence-corrected chi connectivity index (χ1v) is 7.24. The highest BCUT2D eigenvalue weighted by Gasteiger charge is 2.17. The molecule has 6 heteroatoms. The van der Waals surface area contributed by atoms with Crippen LogP contribution in [0, 0.1) is 0 Å². The van der Waals surface area contributed by atoms with Crippen molar-refractivity contribution in [3.8, 4) is 11.4 Å². The summed E-state index contributed by atoms with van der Waals surface area (Å²) in [6, 6.07) is 17.5. The minimum absolute atomic E-state index is 0.0977. The van der Waals surface area contributed by atoms with Gasteiger partial charge < -0.3 is 4.74 Å². The molecule has 0 atom stereocenters. The first kappa shape index (κ1) is 13.5. The zero-order valence-corrected chi connectivity index (χ0v) is 12.5. The molecule has 0 aliphatic rings. The van der Waals surface area contributed by atoms with Crippen molar-refractivity contribution in [1.29, 1.82) is 0 Å². The molecule has 4 rings (SSSR count). The van der Waals surface area contributed by atoms with Crippen molar-refractivity contribution < 1.29 is 9.53 Å². The normalized spacial score (nSPS) is 11.2. The monoisotopic (exact) mass is 306 g/mol. The number of nitrogens with zero attached hydrogens (tertiary/aromatic N) is 4. The van der Waals surface area contributed by atoms with E-state index in [1.165, 1.54) is 7.11 Å². The second-order valence-corrected chi connectivity index (χ2v) is 5.16. The molecule has 6 nitrogen and oxygen atoms in total. The molecule has 0 saturated heterocycles. The number of aromatic nitrogens is 4. The van der Waals surface area contributed by atoms with E-state index in [4.69, 9.17) is 4.74 Å². The zero-order chi connectivity index (χ0) is 15.8. The molecule has 0 saturated carbocycles. The molecular weight excluding hydrogens is 292 g/mol. The quantitative estimate of drug-likeness (QED) is 0.546. The van der Waals surface area contributed by atoms with Gasteiger partial charge in [0.25, 0.3) is 0 Å². The van der Waals surface area contributed by atoms with E-state index in [1.807, 2.05) is 59.2 Å². The Morgan fingerprint density at radius 1 is 1.04 bits per heavy atom. The summed E-state index contributed by atoms with van der Waals surface area (Å²) < 4.78 is 8.38. The van der Waals surface area contributed by atoms with Gasteiger partial charge in [0.05, 0.1) is 18.1 Å². The molecule has 4 aromatic rings. The topological polar surface area (TPSA) is 61.4 Å². The number of hydrogen-bond donors (Lipinski definition) is 0. The standard InChI is InChI=1S/C17H14N4O2/c1-23-15(22)11-20-13-9-5-6-10-14(13)21-17(20)18-16(19-21)12-7-3-2-4-8-12/h2-10H,11H2,1H3. The van der Waals surface area contributed by atoms with Gasteiger partial charge in [-0.15, -0.1) is 5.10 Å². The Morgan fingerprint density at radius 3 is 2.48 bits per heavy atom. The van der Waals surface area contributed by atoms with E-state index < -0.39 is 0 Å². The van der Waals surface area contributed by atoms with Gasteiger partial charge in [-0.25, -0.2) is 0 Å². The third kappa shape index (κ3) is 2.15. The Kier molecular flexibility index (Phi) is 3.08. The molecular formula is C17H14N4O2. The van der Waals surface area contributed by atoms with Crippen molar-refractivity contribution in [1.82, 2.24) is 19.2 Å². The van der Waals surface area contributed by atoms with E-state index in [0.29, 0.717) is 11.6 Å². The van der Waals surface area contributed by atoms with E-state index in [2.05, 4.69) is 10.1 Å². The van der Waals surface area contributed by atoms with Crippen molar-refractivity contribution in [2.24, 2.45) is 0 Å². The van der Waals surface area contributed by atoms with Crippen LogP contribution in [0.4, 0.5) is 0 Å². The number of benzene rings is 2. The van der Waals surface area contributed by atoms with E-state index in [9.17, 15) is 4.79 Å². The van der Waals surface area contributed by atoms with Gasteiger partial charge in [0, 0.05) is 5.56 Å². The highest BCUT2D eigenvalue weighted by Crippen LogP contribution is 2.23. The fourth-order valence-corrected chi connectivity index (χ4v) is 2.68. The van der Waals surface area contributed by atoms with Gasteiger partial charge in [0.15, 0.2) is 5.82 Å². The lowest BCUT2D eigenvalue weighted by Gasteiger charge is -2.02. The fraction of sp³-hybridized carbons (Fsp3) is 0.118. The smallest absolute Gasteiger partial charge is 0.325 e. The SMILES string of the molecule is COC(=O)Cn1c2ccccc2n2nc(-c3ccccc3)nc12. The Labute approximate surface area is 131 Å². The zero-order valence-electron chi connectivity index (χ0n) is 12.5. The van der Waals surface area contributed by atoms with Crippen LogP contribution >= 0.6 is 0 Å². The number of esters is 1. The molecule has 0 unspecified atom stereocenters. The maximum atomic E-state index is 11.7. The van der Waals surface area contributed by atoms with E-state index in [0.717, 1.165) is 16.6 Å². The summed E-state index contributed by atoms with van der Waals surface area (Å²) in [5.74, 6) is 0.929. The molecule has 23 heavy (non-hydrogen) atoms. The lowest BCUT2D eigenvalue weighted by molar-refractivity contribution is -0.141. The Balaban J connectivity index is 1.97. The largest absolute Gasteiger partial charge is 0.468 e. The van der Waals surface area contributed by atoms with Crippen molar-refractivity contribution in [3.05, 3.63) is 54.6 Å². The third-order valence-electron chi connectivity index (χ3n) is 3.78. The molecule has 114 valence electrons. The van der Waals surface area contributed by atoms with Crippen molar-refractivity contribution in [2.45, 2.75) is 6.54 Å². The third-order valence-corrected chi connectivity index (χ3v) is 3.78. The fourth-order valence-electron chi connectivity index (χ4n) is 2.68. The lowest BCUT2D eigenvalue weighted by atomic mass is 10.2. The van der Waals surface area contributed by atoms with E-state index >= 15 is 0 Å². The van der Waals surface area contributed by atoms with Crippen LogP contribution < -0.4 is 0 Å². The minimum Gasteiger partial charge on any atom is -0.468 e. The summed E-state index contributed by atoms with van der Waals surface area (Å²) >= 11 is 0. The van der Waals surface area contributed by atoms with E-state index in [-0.39, 0.29) is 12.5 Å². The predicted molar refractivity (Wildman–Crippen MR) is 85.9 cm³/mol. The first-order chi connectivity index (χ1) is 11.3. The van der Waals surface area contributed by atoms with Crippen LogP contribution in [0.3, 0.4) is 0 Å². The molecule has 2 heterocycles. The number of methoxy groups -OCH3 is 1. The van der Waals surface area contributed by atoms with Crippen LogP contribution in [0.1, 0.15) is 0 Å². The summed E-state index contributed by atoms with van der Waals surface area (Å²) in [7, 11) is 1.38. The summed E-state index contributed by atoms with van der Waals surface area (Å²) in [6.07, 6.45) is 0. The molecule has 0 aliphatic carbocycles. The summed E-state index contributed by atoms with van der Waals surface area (Å²) in [6.45, 7) is 0.0977. The number of hydrogen-bond acceptors (Lipinski definition) is 4. The summed E-state index contributed by atoms with van der Waals surface area (Å²) in [5.41, 5.74) is 2.73. The summed E-state index contributed by atoms with van der Waals surface area (Å²) in [5, 5.41) is 4.60. The van der Waals surface area contributed by atoms with Crippen LogP contribution in [-0.4, -0.2) is 32.2 Å². The van der Waals surface area contributed by atoms with Gasteiger partial charge in [-0.3, -0.25) is 9.36 Å². The van der Waals surface area contributed by atoms with Crippen LogP contribution in [0.25, 0.3) is 28.2 Å². The number of rotatable bonds is 3. The molecule has 0 aliphatic heterocycles. The van der Waals surface area contributed by atoms with Crippen LogP contribution in [0.15, 0.2) is 54.6 Å². The van der Waals surface area contributed by atoms with Gasteiger partial charge in [-0.2, -0.15) is 9.50 Å². The average molecular weight is 306 g/mol. The number of fused-ring (bicyclic) bond motifs is 3. The van der Waals surface area contributed by atoms with Gasteiger partial charge in [-0.05, 0) is 12.1 Å². The number of para-hydroxylation sites is 2. The molecule has 0 bridgehead atoms. The summed E-state index contributed by atoms with van der Waals surface area (Å²) in [4.78, 5) is 16.4. The maximum absolute atomic E-state index is 11.7. The Bertz CT molecular complexity index is 1000. The minimum atomic E-state index is -0.322. The van der Waals surface area contributed by atoms with Gasteiger partial charge in [-0.1, -0.05) is 42.5 Å². The second kappa shape index (κ2) is 5.24. The Hall–Kier alpha value is -3.15.